The van der Waals surface area contributed by atoms with Crippen LogP contribution in [0.25, 0.3) is 10.4 Å². The van der Waals surface area contributed by atoms with Gasteiger partial charge in [-0.3, -0.25) is 14.3 Å². The van der Waals surface area contributed by atoms with Crippen LogP contribution in [0.15, 0.2) is 112 Å². The number of azide groups is 1. The monoisotopic (exact) mass is 509 g/mol. The van der Waals surface area contributed by atoms with E-state index in [9.17, 15) is 15.1 Å². The molecule has 1 aliphatic heterocycles. The second kappa shape index (κ2) is 10.9. The van der Waals surface area contributed by atoms with Crippen LogP contribution in [-0.4, -0.2) is 28.3 Å². The Morgan fingerprint density at radius 3 is 2.00 bits per heavy atom. The summed E-state index contributed by atoms with van der Waals surface area (Å²) in [6, 6.07) is 29.2. The second-order valence-electron chi connectivity index (χ2n) is 9.21. The zero-order valence-electron chi connectivity index (χ0n) is 20.8. The van der Waals surface area contributed by atoms with Crippen LogP contribution in [0.2, 0.25) is 0 Å². The maximum Gasteiger partial charge on any atom is 0.330 e. The smallest absolute Gasteiger partial charge is 0.330 e. The van der Waals surface area contributed by atoms with Gasteiger partial charge in [-0.2, -0.15) is 0 Å². The van der Waals surface area contributed by atoms with Gasteiger partial charge in [-0.1, -0.05) is 96.1 Å². The minimum Gasteiger partial charge on any atom is -0.358 e. The summed E-state index contributed by atoms with van der Waals surface area (Å²) in [5.74, 6) is 0. The first-order chi connectivity index (χ1) is 18.5. The highest BCUT2D eigenvalue weighted by atomic mass is 16.6. The predicted molar refractivity (Wildman–Crippen MR) is 143 cm³/mol. The summed E-state index contributed by atoms with van der Waals surface area (Å²) >= 11 is 0. The molecule has 1 aliphatic rings. The Morgan fingerprint density at radius 1 is 0.974 bits per heavy atom. The van der Waals surface area contributed by atoms with Crippen LogP contribution in [0.1, 0.15) is 34.9 Å². The van der Waals surface area contributed by atoms with Crippen LogP contribution in [-0.2, 0) is 15.1 Å². The molecule has 1 fully saturated rings. The lowest BCUT2D eigenvalue weighted by Crippen LogP contribution is -2.38. The number of ether oxygens (including phenoxy) is 2. The van der Waals surface area contributed by atoms with Gasteiger partial charge in [-0.25, -0.2) is 4.79 Å². The zero-order chi connectivity index (χ0) is 26.5. The molecule has 192 valence electrons. The third-order valence-electron chi connectivity index (χ3n) is 6.87. The third kappa shape index (κ3) is 4.78. The molecule has 0 radical (unpaired) electrons. The molecule has 4 aromatic rings. The van der Waals surface area contributed by atoms with E-state index in [1.807, 2.05) is 91.0 Å². The maximum absolute atomic E-state index is 12.5. The molecule has 3 atom stereocenters. The van der Waals surface area contributed by atoms with Gasteiger partial charge in [0.15, 0.2) is 0 Å². The summed E-state index contributed by atoms with van der Waals surface area (Å²) in [5, 5.41) is 3.96. The summed E-state index contributed by atoms with van der Waals surface area (Å²) < 4.78 is 14.4. The highest BCUT2D eigenvalue weighted by Crippen LogP contribution is 2.41. The number of rotatable bonds is 8. The van der Waals surface area contributed by atoms with Gasteiger partial charge in [0.25, 0.3) is 5.56 Å². The third-order valence-corrected chi connectivity index (χ3v) is 6.87. The summed E-state index contributed by atoms with van der Waals surface area (Å²) in [6.07, 6.45) is 0.371. The first kappa shape index (κ1) is 25.2. The number of aromatic nitrogens is 2. The molecule has 1 N–H and O–H groups in total. The van der Waals surface area contributed by atoms with Crippen molar-refractivity contribution in [3.8, 4) is 0 Å². The van der Waals surface area contributed by atoms with Gasteiger partial charge in [-0.15, -0.1) is 0 Å². The molecular formula is C29H27N5O4. The number of H-pyrrole nitrogens is 1. The van der Waals surface area contributed by atoms with Crippen molar-refractivity contribution in [3.05, 3.63) is 151 Å². The molecule has 3 aromatic carbocycles. The van der Waals surface area contributed by atoms with Gasteiger partial charge in [0, 0.05) is 23.1 Å². The lowest BCUT2D eigenvalue weighted by atomic mass is 9.80. The molecule has 38 heavy (non-hydrogen) atoms. The van der Waals surface area contributed by atoms with Crippen LogP contribution < -0.4 is 11.2 Å². The van der Waals surface area contributed by atoms with Crippen molar-refractivity contribution in [2.24, 2.45) is 5.11 Å². The summed E-state index contributed by atoms with van der Waals surface area (Å²) in [4.78, 5) is 29.7. The van der Waals surface area contributed by atoms with Gasteiger partial charge in [0.1, 0.15) is 11.8 Å². The van der Waals surface area contributed by atoms with Crippen LogP contribution >= 0.6 is 0 Å². The van der Waals surface area contributed by atoms with Gasteiger partial charge < -0.3 is 9.47 Å². The van der Waals surface area contributed by atoms with Crippen molar-refractivity contribution >= 4 is 0 Å². The lowest BCUT2D eigenvalue weighted by molar-refractivity contribution is -0.0796. The second-order valence-corrected chi connectivity index (χ2v) is 9.21. The van der Waals surface area contributed by atoms with E-state index in [4.69, 9.17) is 9.47 Å². The average molecular weight is 510 g/mol. The Kier molecular flexibility index (Phi) is 7.24. The number of hydrogen-bond donors (Lipinski definition) is 1. The van der Waals surface area contributed by atoms with E-state index < -0.39 is 35.2 Å². The first-order valence-electron chi connectivity index (χ1n) is 12.3. The standard InChI is InChI=1S/C29H27N5O4/c1-20-18-34(28(36)31-27(20)35)26-17-24(32-33-30)25(38-26)19-37-29(21-11-5-2-6-12-21,22-13-7-3-8-14-22)23-15-9-4-10-16-23/h2-16,18,24-26H,17,19H2,1H3,(H,31,35,36)/t24-,25-,26-/m1/s1. The Bertz CT molecular complexity index is 1450. The highest BCUT2D eigenvalue weighted by Gasteiger charge is 2.42. The molecule has 0 aliphatic carbocycles. The van der Waals surface area contributed by atoms with Crippen molar-refractivity contribution in [3.63, 3.8) is 0 Å². The van der Waals surface area contributed by atoms with E-state index in [0.29, 0.717) is 5.56 Å². The fourth-order valence-corrected chi connectivity index (χ4v) is 5.00. The molecule has 9 nitrogen and oxygen atoms in total. The van der Waals surface area contributed by atoms with E-state index in [1.165, 1.54) is 10.8 Å². The summed E-state index contributed by atoms with van der Waals surface area (Å²) in [7, 11) is 0. The van der Waals surface area contributed by atoms with Crippen molar-refractivity contribution in [1.82, 2.24) is 9.55 Å². The average Bonchev–Trinajstić information content (AvgIpc) is 3.35. The van der Waals surface area contributed by atoms with Crippen LogP contribution in [0.4, 0.5) is 0 Å². The highest BCUT2D eigenvalue weighted by molar-refractivity contribution is 5.47. The molecule has 0 unspecified atom stereocenters. The fourth-order valence-electron chi connectivity index (χ4n) is 5.00. The number of nitrogens with zero attached hydrogens (tertiary/aromatic N) is 4. The summed E-state index contributed by atoms with van der Waals surface area (Å²) in [5.41, 5.74) is 10.4. The number of hydrogen-bond acceptors (Lipinski definition) is 5. The molecule has 0 saturated carbocycles. The minimum absolute atomic E-state index is 0.0793. The number of aryl methyl sites for hydroxylation is 1. The number of nitrogens with one attached hydrogen (secondary N) is 1. The molecule has 0 bridgehead atoms. The molecule has 5 rings (SSSR count). The van der Waals surface area contributed by atoms with Gasteiger partial charge >= 0.3 is 5.69 Å². The molecule has 0 spiro atoms. The zero-order valence-corrected chi connectivity index (χ0v) is 20.8. The van der Waals surface area contributed by atoms with E-state index in [0.717, 1.165) is 16.7 Å². The Hall–Kier alpha value is -4.43. The lowest BCUT2D eigenvalue weighted by Gasteiger charge is -2.37. The van der Waals surface area contributed by atoms with E-state index >= 15 is 0 Å². The van der Waals surface area contributed by atoms with E-state index in [-0.39, 0.29) is 13.0 Å². The van der Waals surface area contributed by atoms with E-state index in [2.05, 4.69) is 15.0 Å². The van der Waals surface area contributed by atoms with E-state index in [1.54, 1.807) is 6.92 Å². The number of benzene rings is 3. The van der Waals surface area contributed by atoms with Crippen LogP contribution in [0.5, 0.6) is 0 Å². The Balaban J connectivity index is 1.54. The molecule has 1 aromatic heterocycles. The Labute approximate surface area is 218 Å². The van der Waals surface area contributed by atoms with Crippen LogP contribution in [0, 0.1) is 6.92 Å². The fraction of sp³-hybridized carbons (Fsp3) is 0.241. The molecule has 1 saturated heterocycles. The van der Waals surface area contributed by atoms with Crippen molar-refractivity contribution in [1.29, 1.82) is 0 Å². The first-order valence-corrected chi connectivity index (χ1v) is 12.3. The van der Waals surface area contributed by atoms with Gasteiger partial charge in [-0.05, 0) is 29.1 Å². The Morgan fingerprint density at radius 2 is 1.50 bits per heavy atom. The van der Waals surface area contributed by atoms with Crippen molar-refractivity contribution in [2.75, 3.05) is 6.61 Å². The predicted octanol–water partition coefficient (Wildman–Crippen LogP) is 4.82. The normalized spacial score (nSPS) is 19.1. The molecular weight excluding hydrogens is 482 g/mol. The minimum atomic E-state index is -0.975. The summed E-state index contributed by atoms with van der Waals surface area (Å²) in [6.45, 7) is 1.69. The number of aromatic amines is 1. The largest absolute Gasteiger partial charge is 0.358 e. The van der Waals surface area contributed by atoms with Crippen molar-refractivity contribution < 1.29 is 9.47 Å². The van der Waals surface area contributed by atoms with Crippen LogP contribution in [0.3, 0.4) is 0 Å². The van der Waals surface area contributed by atoms with Crippen molar-refractivity contribution in [2.45, 2.75) is 37.3 Å². The maximum atomic E-state index is 12.5. The van der Waals surface area contributed by atoms with Gasteiger partial charge in [0.2, 0.25) is 0 Å². The quantitative estimate of drug-likeness (QED) is 0.158. The van der Waals surface area contributed by atoms with Gasteiger partial charge in [0.05, 0.1) is 18.8 Å². The SMILES string of the molecule is Cc1cn([C@H]2C[C@@H](N=[N+]=[N-])[C@@H](COC(c3ccccc3)(c3ccccc3)c3ccccc3)O2)c(=O)[nH]c1=O. The topological polar surface area (TPSA) is 122 Å². The molecule has 2 heterocycles. The molecule has 9 heteroatoms. The molecule has 0 amide bonds.